The molecule has 0 aliphatic rings. The third-order valence-electron chi connectivity index (χ3n) is 3.21. The highest BCUT2D eigenvalue weighted by atomic mass is 16.3. The summed E-state index contributed by atoms with van der Waals surface area (Å²) in [4.78, 5) is 0. The van der Waals surface area contributed by atoms with Gasteiger partial charge in [0.05, 0.1) is 17.5 Å². The fourth-order valence-corrected chi connectivity index (χ4v) is 1.97. The van der Waals surface area contributed by atoms with E-state index in [1.807, 2.05) is 19.9 Å². The van der Waals surface area contributed by atoms with E-state index < -0.39 is 6.10 Å². The predicted octanol–water partition coefficient (Wildman–Crippen LogP) is 2.95. The number of hydrogen-bond acceptors (Lipinski definition) is 3. The Bertz CT molecular complexity index is 335. The minimum Gasteiger partial charge on any atom is -0.388 e. The Morgan fingerprint density at radius 1 is 1.19 bits per heavy atom. The van der Waals surface area contributed by atoms with Crippen LogP contribution in [-0.2, 0) is 0 Å². The molecule has 0 radical (unpaired) electrons. The molecule has 0 bridgehead atoms. The molecule has 0 aliphatic heterocycles. The summed E-state index contributed by atoms with van der Waals surface area (Å²) in [7, 11) is 0. The van der Waals surface area contributed by atoms with E-state index in [2.05, 4.69) is 24.0 Å². The molecule has 0 saturated heterocycles. The molecule has 1 aromatic rings. The van der Waals surface area contributed by atoms with Gasteiger partial charge in [-0.3, -0.25) is 0 Å². The summed E-state index contributed by atoms with van der Waals surface area (Å²) in [6.07, 6.45) is 2.65. The fraction of sp³-hybridized carbons (Fsp3) is 0.692. The van der Waals surface area contributed by atoms with Gasteiger partial charge < -0.3 is 5.11 Å². The second-order valence-corrected chi connectivity index (χ2v) is 4.46. The first-order valence-corrected chi connectivity index (χ1v) is 6.07. The van der Waals surface area contributed by atoms with Crippen molar-refractivity contribution in [3.05, 3.63) is 23.0 Å². The average Bonchev–Trinajstić information content (AvgIpc) is 2.28. The van der Waals surface area contributed by atoms with Crippen molar-refractivity contribution in [1.29, 1.82) is 0 Å². The third kappa shape index (κ3) is 3.27. The second-order valence-electron chi connectivity index (χ2n) is 4.46. The lowest BCUT2D eigenvalue weighted by Crippen LogP contribution is -2.09. The summed E-state index contributed by atoms with van der Waals surface area (Å²) in [5, 5.41) is 18.2. The average molecular weight is 222 g/mol. The van der Waals surface area contributed by atoms with E-state index in [9.17, 15) is 5.11 Å². The Morgan fingerprint density at radius 2 is 1.81 bits per heavy atom. The van der Waals surface area contributed by atoms with Gasteiger partial charge in [-0.1, -0.05) is 26.7 Å². The number of aliphatic hydroxyl groups excluding tert-OH is 1. The van der Waals surface area contributed by atoms with Crippen molar-refractivity contribution in [1.82, 2.24) is 10.2 Å². The first-order chi connectivity index (χ1) is 7.58. The monoisotopic (exact) mass is 222 g/mol. The van der Waals surface area contributed by atoms with E-state index in [4.69, 9.17) is 0 Å². The van der Waals surface area contributed by atoms with Crippen LogP contribution in [0.4, 0.5) is 0 Å². The van der Waals surface area contributed by atoms with Crippen LogP contribution in [0.1, 0.15) is 56.2 Å². The molecule has 1 heterocycles. The van der Waals surface area contributed by atoms with E-state index in [-0.39, 0.29) is 0 Å². The van der Waals surface area contributed by atoms with Crippen LogP contribution in [0.2, 0.25) is 0 Å². The lowest BCUT2D eigenvalue weighted by Gasteiger charge is -2.18. The van der Waals surface area contributed by atoms with Gasteiger partial charge in [0.15, 0.2) is 0 Å². The molecule has 0 amide bonds. The molecule has 0 fully saturated rings. The number of rotatable bonds is 5. The van der Waals surface area contributed by atoms with E-state index in [1.54, 1.807) is 0 Å². The first-order valence-electron chi connectivity index (χ1n) is 6.07. The van der Waals surface area contributed by atoms with E-state index >= 15 is 0 Å². The molecular weight excluding hydrogens is 200 g/mol. The molecule has 0 spiro atoms. The summed E-state index contributed by atoms with van der Waals surface area (Å²) in [6, 6.07) is 1.94. The van der Waals surface area contributed by atoms with Crippen LogP contribution in [0, 0.1) is 19.8 Å². The minimum absolute atomic E-state index is 0.404. The molecule has 0 aromatic carbocycles. The molecule has 16 heavy (non-hydrogen) atoms. The standard InChI is InChI=1S/C13H22N2O/c1-5-11(6-2)8-13(16)12-7-9(3)14-15-10(12)4/h7,11,13,16H,5-6,8H2,1-4H3. The Balaban J connectivity index is 2.79. The lowest BCUT2D eigenvalue weighted by atomic mass is 9.92. The molecule has 1 atom stereocenters. The number of aromatic nitrogens is 2. The fourth-order valence-electron chi connectivity index (χ4n) is 1.97. The second kappa shape index (κ2) is 5.94. The number of hydrogen-bond donors (Lipinski definition) is 1. The molecule has 1 N–H and O–H groups in total. The van der Waals surface area contributed by atoms with E-state index in [0.717, 1.165) is 36.2 Å². The van der Waals surface area contributed by atoms with Crippen molar-refractivity contribution in [2.45, 2.75) is 53.1 Å². The number of aliphatic hydroxyl groups is 1. The lowest BCUT2D eigenvalue weighted by molar-refractivity contribution is 0.140. The van der Waals surface area contributed by atoms with Gasteiger partial charge in [-0.2, -0.15) is 10.2 Å². The van der Waals surface area contributed by atoms with Crippen molar-refractivity contribution < 1.29 is 5.11 Å². The minimum atomic E-state index is -0.404. The van der Waals surface area contributed by atoms with Crippen LogP contribution in [0.5, 0.6) is 0 Å². The van der Waals surface area contributed by atoms with Crippen LogP contribution in [-0.4, -0.2) is 15.3 Å². The largest absolute Gasteiger partial charge is 0.388 e. The number of aryl methyl sites for hydroxylation is 2. The van der Waals surface area contributed by atoms with Crippen molar-refractivity contribution in [2.75, 3.05) is 0 Å². The zero-order chi connectivity index (χ0) is 12.1. The van der Waals surface area contributed by atoms with Gasteiger partial charge in [-0.15, -0.1) is 0 Å². The maximum absolute atomic E-state index is 10.2. The first kappa shape index (κ1) is 13.1. The van der Waals surface area contributed by atoms with Crippen molar-refractivity contribution >= 4 is 0 Å². The molecule has 3 heteroatoms. The van der Waals surface area contributed by atoms with Gasteiger partial charge in [0.25, 0.3) is 0 Å². The van der Waals surface area contributed by atoms with Crippen LogP contribution in [0.3, 0.4) is 0 Å². The molecule has 1 rings (SSSR count). The van der Waals surface area contributed by atoms with Crippen LogP contribution in [0.15, 0.2) is 6.07 Å². The highest BCUT2D eigenvalue weighted by Crippen LogP contribution is 2.26. The van der Waals surface area contributed by atoms with Crippen LogP contribution in [0.25, 0.3) is 0 Å². The van der Waals surface area contributed by atoms with Crippen LogP contribution >= 0.6 is 0 Å². The van der Waals surface area contributed by atoms with Gasteiger partial charge in [0, 0.05) is 5.56 Å². The molecular formula is C13H22N2O. The zero-order valence-electron chi connectivity index (χ0n) is 10.7. The SMILES string of the molecule is CCC(CC)CC(O)c1cc(C)nnc1C. The Labute approximate surface area is 97.9 Å². The summed E-state index contributed by atoms with van der Waals surface area (Å²) >= 11 is 0. The number of nitrogens with zero attached hydrogens (tertiary/aromatic N) is 2. The van der Waals surface area contributed by atoms with Gasteiger partial charge in [0.1, 0.15) is 0 Å². The van der Waals surface area contributed by atoms with Gasteiger partial charge in [-0.05, 0) is 32.3 Å². The topological polar surface area (TPSA) is 46.0 Å². The highest BCUT2D eigenvalue weighted by molar-refractivity contribution is 5.22. The van der Waals surface area contributed by atoms with Gasteiger partial charge >= 0.3 is 0 Å². The highest BCUT2D eigenvalue weighted by Gasteiger charge is 2.16. The summed E-state index contributed by atoms with van der Waals surface area (Å²) in [5.74, 6) is 0.586. The van der Waals surface area contributed by atoms with Gasteiger partial charge in [-0.25, -0.2) is 0 Å². The molecule has 1 unspecified atom stereocenters. The third-order valence-corrected chi connectivity index (χ3v) is 3.21. The van der Waals surface area contributed by atoms with Crippen molar-refractivity contribution in [3.63, 3.8) is 0 Å². The Hall–Kier alpha value is -0.960. The molecule has 90 valence electrons. The molecule has 0 saturated carbocycles. The van der Waals surface area contributed by atoms with Gasteiger partial charge in [0.2, 0.25) is 0 Å². The maximum atomic E-state index is 10.2. The molecule has 0 aliphatic carbocycles. The van der Waals surface area contributed by atoms with E-state index in [1.165, 1.54) is 0 Å². The van der Waals surface area contributed by atoms with Crippen molar-refractivity contribution in [2.24, 2.45) is 5.92 Å². The Kier molecular flexibility index (Phi) is 4.87. The summed E-state index contributed by atoms with van der Waals surface area (Å²) in [6.45, 7) is 8.14. The zero-order valence-corrected chi connectivity index (χ0v) is 10.7. The predicted molar refractivity (Wildman–Crippen MR) is 65.2 cm³/mol. The smallest absolute Gasteiger partial charge is 0.0811 e. The van der Waals surface area contributed by atoms with Crippen LogP contribution < -0.4 is 0 Å². The van der Waals surface area contributed by atoms with E-state index in [0.29, 0.717) is 5.92 Å². The molecule has 3 nitrogen and oxygen atoms in total. The Morgan fingerprint density at radius 3 is 2.38 bits per heavy atom. The maximum Gasteiger partial charge on any atom is 0.0811 e. The summed E-state index contributed by atoms with van der Waals surface area (Å²) in [5.41, 5.74) is 2.63. The van der Waals surface area contributed by atoms with Crippen molar-refractivity contribution in [3.8, 4) is 0 Å². The molecule has 1 aromatic heterocycles. The summed E-state index contributed by atoms with van der Waals surface area (Å²) < 4.78 is 0. The normalized spacial score (nSPS) is 13.1. The quantitative estimate of drug-likeness (QED) is 0.833.